The van der Waals surface area contributed by atoms with E-state index in [1.165, 1.54) is 28.0 Å². The largest absolute Gasteiger partial charge is 0.359 e. The minimum absolute atomic E-state index is 0.890. The van der Waals surface area contributed by atoms with Crippen LogP contribution in [-0.4, -0.2) is 18.7 Å². The maximum Gasteiger partial charge on any atom is 0.0950 e. The molecule has 3 aromatic rings. The van der Waals surface area contributed by atoms with Crippen molar-refractivity contribution in [3.05, 3.63) is 54.7 Å². The average Bonchev–Trinajstić information content (AvgIpc) is 3.01. The molecule has 0 saturated carbocycles. The zero-order valence-electron chi connectivity index (χ0n) is 10.8. The van der Waals surface area contributed by atoms with E-state index in [0.717, 1.165) is 6.67 Å². The van der Waals surface area contributed by atoms with E-state index in [1.807, 2.05) is 0 Å². The highest BCUT2D eigenvalue weighted by atomic mass is 15.4. The smallest absolute Gasteiger partial charge is 0.0950 e. The Morgan fingerprint density at radius 1 is 0.895 bits per heavy atom. The van der Waals surface area contributed by atoms with Crippen molar-refractivity contribution >= 4 is 28.0 Å². The van der Waals surface area contributed by atoms with Gasteiger partial charge in [-0.15, -0.1) is 0 Å². The van der Waals surface area contributed by atoms with E-state index in [-0.39, 0.29) is 0 Å². The third-order valence-electron chi connectivity index (χ3n) is 3.80. The number of fused-ring (bicyclic) bond motifs is 2. The molecule has 0 saturated heterocycles. The molecule has 3 heteroatoms. The van der Waals surface area contributed by atoms with Crippen molar-refractivity contribution in [2.24, 2.45) is 0 Å². The Bertz CT molecular complexity index is 744. The number of anilines is 3. The van der Waals surface area contributed by atoms with Gasteiger partial charge in [-0.2, -0.15) is 0 Å². The van der Waals surface area contributed by atoms with E-state index < -0.39 is 0 Å². The second kappa shape index (κ2) is 3.79. The van der Waals surface area contributed by atoms with Crippen molar-refractivity contribution in [1.82, 2.24) is 4.98 Å². The predicted molar refractivity (Wildman–Crippen MR) is 80.1 cm³/mol. The first kappa shape index (κ1) is 10.5. The molecule has 2 aromatic carbocycles. The summed E-state index contributed by atoms with van der Waals surface area (Å²) in [6, 6.07) is 17.0. The Balaban J connectivity index is 1.90. The minimum atomic E-state index is 0.890. The predicted octanol–water partition coefficient (Wildman–Crippen LogP) is 3.71. The Labute approximate surface area is 112 Å². The molecule has 0 amide bonds. The number of rotatable bonds is 1. The van der Waals surface area contributed by atoms with Crippen LogP contribution in [0.15, 0.2) is 54.7 Å². The summed E-state index contributed by atoms with van der Waals surface area (Å²) in [7, 11) is 2.13. The fourth-order valence-electron chi connectivity index (χ4n) is 2.87. The maximum atomic E-state index is 3.35. The number of aromatic nitrogens is 1. The molecule has 0 unspecified atom stereocenters. The molecule has 19 heavy (non-hydrogen) atoms. The summed E-state index contributed by atoms with van der Waals surface area (Å²) in [5.41, 5.74) is 4.99. The monoisotopic (exact) mass is 249 g/mol. The Hall–Kier alpha value is -2.42. The number of H-pyrrole nitrogens is 1. The molecule has 4 rings (SSSR count). The van der Waals surface area contributed by atoms with Crippen LogP contribution < -0.4 is 9.80 Å². The fourth-order valence-corrected chi connectivity index (χ4v) is 2.87. The number of benzene rings is 2. The van der Waals surface area contributed by atoms with Crippen molar-refractivity contribution in [1.29, 1.82) is 0 Å². The van der Waals surface area contributed by atoms with Gasteiger partial charge in [0.05, 0.1) is 23.7 Å². The van der Waals surface area contributed by atoms with E-state index >= 15 is 0 Å². The van der Waals surface area contributed by atoms with E-state index in [0.29, 0.717) is 0 Å². The van der Waals surface area contributed by atoms with Crippen LogP contribution in [-0.2, 0) is 0 Å². The molecule has 0 atom stereocenters. The molecular weight excluding hydrogens is 234 g/mol. The van der Waals surface area contributed by atoms with Crippen molar-refractivity contribution in [3.63, 3.8) is 0 Å². The van der Waals surface area contributed by atoms with E-state index in [9.17, 15) is 0 Å². The minimum Gasteiger partial charge on any atom is -0.359 e. The second-order valence-electron chi connectivity index (χ2n) is 4.98. The zero-order valence-corrected chi connectivity index (χ0v) is 10.8. The molecule has 2 heterocycles. The van der Waals surface area contributed by atoms with E-state index in [4.69, 9.17) is 0 Å². The quantitative estimate of drug-likeness (QED) is 0.710. The molecule has 0 aliphatic carbocycles. The molecule has 0 fully saturated rings. The van der Waals surface area contributed by atoms with Gasteiger partial charge in [-0.3, -0.25) is 0 Å². The summed E-state index contributed by atoms with van der Waals surface area (Å²) in [4.78, 5) is 7.98. The SMILES string of the molecule is CN1CN(c2c[nH]c3ccccc23)c2ccccc21. The molecular formula is C16H15N3. The van der Waals surface area contributed by atoms with Crippen LogP contribution in [0.25, 0.3) is 10.9 Å². The number of nitrogens with zero attached hydrogens (tertiary/aromatic N) is 2. The highest BCUT2D eigenvalue weighted by Crippen LogP contribution is 2.41. The summed E-state index contributed by atoms with van der Waals surface area (Å²) in [5, 5.41) is 1.27. The van der Waals surface area contributed by atoms with Gasteiger partial charge in [-0.05, 0) is 18.2 Å². The van der Waals surface area contributed by atoms with Gasteiger partial charge in [0.2, 0.25) is 0 Å². The first-order valence-corrected chi connectivity index (χ1v) is 6.48. The van der Waals surface area contributed by atoms with Crippen LogP contribution in [0.2, 0.25) is 0 Å². The lowest BCUT2D eigenvalue weighted by Crippen LogP contribution is -2.23. The number of aromatic amines is 1. The van der Waals surface area contributed by atoms with E-state index in [2.05, 4.69) is 76.6 Å². The third kappa shape index (κ3) is 1.45. The van der Waals surface area contributed by atoms with Crippen molar-refractivity contribution in [3.8, 4) is 0 Å². The summed E-state index contributed by atoms with van der Waals surface area (Å²) in [5.74, 6) is 0. The molecule has 0 radical (unpaired) electrons. The van der Waals surface area contributed by atoms with Crippen LogP contribution in [0.3, 0.4) is 0 Å². The highest BCUT2D eigenvalue weighted by Gasteiger charge is 2.25. The van der Waals surface area contributed by atoms with Gasteiger partial charge in [0.25, 0.3) is 0 Å². The third-order valence-corrected chi connectivity index (χ3v) is 3.80. The molecule has 1 aliphatic rings. The van der Waals surface area contributed by atoms with Gasteiger partial charge in [-0.1, -0.05) is 30.3 Å². The first-order chi connectivity index (χ1) is 9.34. The first-order valence-electron chi connectivity index (χ1n) is 6.48. The van der Waals surface area contributed by atoms with Gasteiger partial charge in [0.1, 0.15) is 0 Å². The fraction of sp³-hybridized carbons (Fsp3) is 0.125. The summed E-state index contributed by atoms with van der Waals surface area (Å²) in [6.45, 7) is 0.890. The summed E-state index contributed by atoms with van der Waals surface area (Å²) < 4.78 is 0. The maximum absolute atomic E-state index is 3.35. The number of para-hydroxylation sites is 3. The standard InChI is InChI=1S/C16H15N3/c1-18-11-19(15-9-5-4-8-14(15)18)16-10-17-13-7-3-2-6-12(13)16/h2-10,17H,11H2,1H3. The summed E-state index contributed by atoms with van der Waals surface area (Å²) >= 11 is 0. The lowest BCUT2D eigenvalue weighted by molar-refractivity contribution is 0.952. The zero-order chi connectivity index (χ0) is 12.8. The lowest BCUT2D eigenvalue weighted by atomic mass is 10.2. The van der Waals surface area contributed by atoms with Crippen LogP contribution in [0.1, 0.15) is 0 Å². The lowest BCUT2D eigenvalue weighted by Gasteiger charge is -2.18. The van der Waals surface area contributed by atoms with Gasteiger partial charge in [0.15, 0.2) is 0 Å². The number of hydrogen-bond acceptors (Lipinski definition) is 2. The van der Waals surface area contributed by atoms with Crippen LogP contribution in [0.4, 0.5) is 17.1 Å². The Morgan fingerprint density at radius 2 is 1.63 bits per heavy atom. The molecule has 3 nitrogen and oxygen atoms in total. The van der Waals surface area contributed by atoms with Crippen molar-refractivity contribution in [2.45, 2.75) is 0 Å². The molecule has 1 aromatic heterocycles. The number of hydrogen-bond donors (Lipinski definition) is 1. The summed E-state index contributed by atoms with van der Waals surface area (Å²) in [6.07, 6.45) is 2.10. The van der Waals surface area contributed by atoms with E-state index in [1.54, 1.807) is 0 Å². The Kier molecular flexibility index (Phi) is 2.09. The molecule has 0 spiro atoms. The highest BCUT2D eigenvalue weighted by molar-refractivity contribution is 5.97. The number of nitrogens with one attached hydrogen (secondary N) is 1. The molecule has 1 aliphatic heterocycles. The molecule has 1 N–H and O–H groups in total. The van der Waals surface area contributed by atoms with Crippen molar-refractivity contribution < 1.29 is 0 Å². The average molecular weight is 249 g/mol. The second-order valence-corrected chi connectivity index (χ2v) is 4.98. The van der Waals surface area contributed by atoms with Crippen LogP contribution >= 0.6 is 0 Å². The molecule has 0 bridgehead atoms. The topological polar surface area (TPSA) is 22.3 Å². The molecule has 94 valence electrons. The van der Waals surface area contributed by atoms with Gasteiger partial charge < -0.3 is 14.8 Å². The Morgan fingerprint density at radius 3 is 2.53 bits per heavy atom. The van der Waals surface area contributed by atoms with Gasteiger partial charge >= 0.3 is 0 Å². The van der Waals surface area contributed by atoms with Gasteiger partial charge in [-0.25, -0.2) is 0 Å². The van der Waals surface area contributed by atoms with Gasteiger partial charge in [0, 0.05) is 24.1 Å². The van der Waals surface area contributed by atoms with Crippen LogP contribution in [0.5, 0.6) is 0 Å². The van der Waals surface area contributed by atoms with Crippen LogP contribution in [0, 0.1) is 0 Å². The van der Waals surface area contributed by atoms with Crippen molar-refractivity contribution in [2.75, 3.05) is 23.5 Å². The normalized spacial score (nSPS) is 14.2.